The van der Waals surface area contributed by atoms with E-state index in [4.69, 9.17) is 29.4 Å². The van der Waals surface area contributed by atoms with Gasteiger partial charge in [0.1, 0.15) is 29.6 Å². The average molecular weight is 1080 g/mol. The molecule has 18 nitrogen and oxygen atoms in total. The lowest BCUT2D eigenvalue weighted by Gasteiger charge is -2.23. The average Bonchev–Trinajstić information content (AvgIpc) is 3.46. The molecule has 1 atom stereocenters. The topological polar surface area (TPSA) is 250 Å². The molecule has 0 saturated carbocycles. The van der Waals surface area contributed by atoms with Gasteiger partial charge in [-0.15, -0.1) is 0 Å². The maximum Gasteiger partial charge on any atom is 0.337 e. The molecule has 0 radical (unpaired) electrons. The minimum Gasteiger partial charge on any atom is -0.495 e. The van der Waals surface area contributed by atoms with Crippen molar-refractivity contribution in [3.05, 3.63) is 168 Å². The SMILES string of the molecule is C=C(N)C(CCCCNC(=O)CNC(=O)c1cccc(Oc2ccc(C(C)(C)CC)cc2)c1)NC(=O)COCCOCCNC(=O)c1ccccc1Nc1ccc(-c2ccc(Nc3ccccc3C(=O)O)c(OC)c2)cc1OC. The number of nitrogens with one attached hydrogen (secondary N) is 6. The molecule has 1 unspecified atom stereocenters. The number of nitrogens with two attached hydrogens (primary N) is 1. The zero-order valence-electron chi connectivity index (χ0n) is 45.4. The van der Waals surface area contributed by atoms with Crippen LogP contribution >= 0.6 is 0 Å². The van der Waals surface area contributed by atoms with Crippen LogP contribution in [0.25, 0.3) is 11.1 Å². The first kappa shape index (κ1) is 59.4. The first-order chi connectivity index (χ1) is 38.1. The van der Waals surface area contributed by atoms with Crippen LogP contribution in [0.1, 0.15) is 83.1 Å². The number of amides is 4. The number of para-hydroxylation sites is 2. The fraction of sp³-hybridized carbons (Fsp3) is 0.295. The molecule has 6 rings (SSSR count). The van der Waals surface area contributed by atoms with Gasteiger partial charge in [0.25, 0.3) is 11.8 Å². The molecule has 0 heterocycles. The number of carboxylic acid groups (broad SMARTS) is 1. The highest BCUT2D eigenvalue weighted by Gasteiger charge is 2.20. The summed E-state index contributed by atoms with van der Waals surface area (Å²) in [7, 11) is 3.10. The summed E-state index contributed by atoms with van der Waals surface area (Å²) in [5.74, 6) is -0.284. The number of ether oxygens (including phenoxy) is 5. The van der Waals surface area contributed by atoms with Gasteiger partial charge in [-0.3, -0.25) is 19.2 Å². The van der Waals surface area contributed by atoms with Crippen LogP contribution in [0.2, 0.25) is 0 Å². The highest BCUT2D eigenvalue weighted by atomic mass is 16.5. The largest absolute Gasteiger partial charge is 0.495 e. The second-order valence-electron chi connectivity index (χ2n) is 19.0. The Hall–Kier alpha value is -8.87. The summed E-state index contributed by atoms with van der Waals surface area (Å²) >= 11 is 0. The molecule has 0 aromatic heterocycles. The molecule has 9 N–H and O–H groups in total. The zero-order chi connectivity index (χ0) is 56.7. The Kier molecular flexibility index (Phi) is 22.2. The Balaban J connectivity index is 0.840. The number of methoxy groups -OCH3 is 2. The molecular weight excluding hydrogens is 1010 g/mol. The number of rotatable bonds is 31. The fourth-order valence-corrected chi connectivity index (χ4v) is 8.15. The molecule has 18 heteroatoms. The van der Waals surface area contributed by atoms with Crippen molar-refractivity contribution in [3.8, 4) is 34.1 Å². The molecule has 0 spiro atoms. The lowest BCUT2D eigenvalue weighted by atomic mass is 9.82. The number of carboxylic acids is 1. The number of benzene rings is 6. The lowest BCUT2D eigenvalue weighted by molar-refractivity contribution is -0.126. The molecule has 0 fully saturated rings. The Morgan fingerprint density at radius 2 is 1.24 bits per heavy atom. The Labute approximate surface area is 461 Å². The summed E-state index contributed by atoms with van der Waals surface area (Å²) in [6.45, 7) is 11.0. The van der Waals surface area contributed by atoms with Crippen molar-refractivity contribution in [3.63, 3.8) is 0 Å². The number of hydrogen-bond acceptors (Lipinski definition) is 13. The van der Waals surface area contributed by atoms with Crippen LogP contribution in [0.4, 0.5) is 22.7 Å². The number of unbranched alkanes of at least 4 members (excludes halogenated alkanes) is 1. The van der Waals surface area contributed by atoms with Gasteiger partial charge in [0.2, 0.25) is 11.8 Å². The number of carbonyl (C=O) groups is 5. The minimum atomic E-state index is -1.05. The van der Waals surface area contributed by atoms with E-state index in [1.807, 2.05) is 66.7 Å². The molecule has 6 aromatic carbocycles. The Bertz CT molecular complexity index is 3050. The molecule has 0 aliphatic carbocycles. The van der Waals surface area contributed by atoms with Gasteiger partial charge in [0, 0.05) is 24.4 Å². The van der Waals surface area contributed by atoms with E-state index in [0.29, 0.717) is 88.4 Å². The third kappa shape index (κ3) is 17.8. The summed E-state index contributed by atoms with van der Waals surface area (Å²) < 4.78 is 28.5. The van der Waals surface area contributed by atoms with Crippen LogP contribution in [-0.4, -0.2) is 101 Å². The van der Waals surface area contributed by atoms with Crippen molar-refractivity contribution in [1.29, 1.82) is 0 Å². The fourth-order valence-electron chi connectivity index (χ4n) is 8.15. The van der Waals surface area contributed by atoms with E-state index in [-0.39, 0.29) is 68.2 Å². The zero-order valence-corrected chi connectivity index (χ0v) is 45.4. The van der Waals surface area contributed by atoms with Crippen molar-refractivity contribution in [2.45, 2.75) is 57.9 Å². The first-order valence-corrected chi connectivity index (χ1v) is 26.0. The van der Waals surface area contributed by atoms with Crippen LogP contribution in [0.3, 0.4) is 0 Å². The van der Waals surface area contributed by atoms with Gasteiger partial charge in [-0.2, -0.15) is 0 Å². The molecule has 6 aromatic rings. The summed E-state index contributed by atoms with van der Waals surface area (Å²) in [5, 5.41) is 27.3. The van der Waals surface area contributed by atoms with Gasteiger partial charge < -0.3 is 66.4 Å². The summed E-state index contributed by atoms with van der Waals surface area (Å²) in [6, 6.07) is 39.1. The minimum absolute atomic E-state index is 0.0593. The van der Waals surface area contributed by atoms with Crippen molar-refractivity contribution in [1.82, 2.24) is 21.3 Å². The molecule has 416 valence electrons. The third-order valence-corrected chi connectivity index (χ3v) is 13.0. The van der Waals surface area contributed by atoms with Crippen LogP contribution in [-0.2, 0) is 24.5 Å². The van der Waals surface area contributed by atoms with Crippen molar-refractivity contribution in [2.75, 3.05) is 70.9 Å². The van der Waals surface area contributed by atoms with Gasteiger partial charge in [-0.1, -0.05) is 81.9 Å². The quantitative estimate of drug-likeness (QED) is 0.0189. The van der Waals surface area contributed by atoms with E-state index in [1.54, 1.807) is 74.9 Å². The lowest BCUT2D eigenvalue weighted by Crippen LogP contribution is -2.40. The van der Waals surface area contributed by atoms with Crippen LogP contribution in [0.15, 0.2) is 146 Å². The summed E-state index contributed by atoms with van der Waals surface area (Å²) in [6.07, 6.45) is 2.73. The predicted molar refractivity (Wildman–Crippen MR) is 306 cm³/mol. The highest BCUT2D eigenvalue weighted by molar-refractivity contribution is 6.01. The molecule has 0 bridgehead atoms. The van der Waals surface area contributed by atoms with E-state index < -0.39 is 17.9 Å². The maximum atomic E-state index is 13.3. The molecule has 4 amide bonds. The summed E-state index contributed by atoms with van der Waals surface area (Å²) in [4.78, 5) is 63.1. The van der Waals surface area contributed by atoms with Crippen molar-refractivity contribution < 1.29 is 52.8 Å². The smallest absolute Gasteiger partial charge is 0.337 e. The van der Waals surface area contributed by atoms with Crippen molar-refractivity contribution in [2.24, 2.45) is 5.73 Å². The second-order valence-corrected chi connectivity index (χ2v) is 19.0. The Morgan fingerprint density at radius 1 is 0.620 bits per heavy atom. The number of aromatic carboxylic acids is 1. The standard InChI is InChI=1S/C61H71N7O11/c1-7-61(3,4)44-24-26-45(27-25-44)79-46-16-14-15-43(35-46)58(71)65-38-56(69)63-30-13-12-19-49(40(2)62)68-57(70)39-78-34-33-77-32-31-64-59(72)47-17-8-10-20-50(47)66-52-28-22-41(36-54(52)75-5)42-23-29-53(55(37-42)76-6)67-51-21-11-9-18-48(51)60(73)74/h8-11,14-18,20-29,35-37,49,66-67H,2,7,12-13,19,30-34,38-39,62H2,1,3-6H3,(H,63,69)(H,64,72)(H,65,71)(H,68,70)(H,73,74). The van der Waals surface area contributed by atoms with Crippen LogP contribution in [0.5, 0.6) is 23.0 Å². The molecule has 0 aliphatic rings. The monoisotopic (exact) mass is 1080 g/mol. The van der Waals surface area contributed by atoms with Crippen LogP contribution < -0.4 is 51.8 Å². The maximum absolute atomic E-state index is 13.3. The van der Waals surface area contributed by atoms with Gasteiger partial charge in [-0.05, 0) is 127 Å². The number of hydrogen-bond donors (Lipinski definition) is 8. The molecular formula is C61H71N7O11. The van der Waals surface area contributed by atoms with E-state index in [1.165, 1.54) is 11.6 Å². The molecule has 0 aliphatic heterocycles. The molecule has 0 saturated heterocycles. The highest BCUT2D eigenvalue weighted by Crippen LogP contribution is 2.38. The predicted octanol–water partition coefficient (Wildman–Crippen LogP) is 9.47. The van der Waals surface area contributed by atoms with Crippen molar-refractivity contribution >= 4 is 52.3 Å². The normalized spacial score (nSPS) is 11.4. The van der Waals surface area contributed by atoms with E-state index in [2.05, 4.69) is 59.3 Å². The van der Waals surface area contributed by atoms with E-state index in [9.17, 15) is 29.1 Å². The second kappa shape index (κ2) is 29.6. The number of anilines is 4. The van der Waals surface area contributed by atoms with Gasteiger partial charge in [0.15, 0.2) is 0 Å². The van der Waals surface area contributed by atoms with E-state index in [0.717, 1.165) is 17.5 Å². The van der Waals surface area contributed by atoms with Gasteiger partial charge >= 0.3 is 5.97 Å². The van der Waals surface area contributed by atoms with E-state index >= 15 is 0 Å². The van der Waals surface area contributed by atoms with Crippen LogP contribution in [0, 0.1) is 0 Å². The Morgan fingerprint density at radius 3 is 1.86 bits per heavy atom. The first-order valence-electron chi connectivity index (χ1n) is 26.0. The third-order valence-electron chi connectivity index (χ3n) is 13.0. The summed E-state index contributed by atoms with van der Waals surface area (Å²) in [5.41, 5.74) is 12.3. The number of carbonyl (C=O) groups excluding carboxylic acids is 4. The molecule has 79 heavy (non-hydrogen) atoms. The van der Waals surface area contributed by atoms with Gasteiger partial charge in [-0.25, -0.2) is 4.79 Å². The van der Waals surface area contributed by atoms with Gasteiger partial charge in [0.05, 0.1) is 80.5 Å².